The zero-order valence-corrected chi connectivity index (χ0v) is 15.7. The van der Waals surface area contributed by atoms with Gasteiger partial charge in [0.2, 0.25) is 0 Å². The third-order valence-electron chi connectivity index (χ3n) is 4.22. The van der Waals surface area contributed by atoms with Crippen molar-refractivity contribution in [3.8, 4) is 5.75 Å². The minimum absolute atomic E-state index is 0. The van der Waals surface area contributed by atoms with Crippen LogP contribution in [0.5, 0.6) is 5.75 Å². The van der Waals surface area contributed by atoms with E-state index >= 15 is 0 Å². The fourth-order valence-corrected chi connectivity index (χ4v) is 3.15. The molecule has 0 atom stereocenters. The van der Waals surface area contributed by atoms with Gasteiger partial charge in [0, 0.05) is 11.0 Å². The van der Waals surface area contributed by atoms with Gasteiger partial charge in [-0.3, -0.25) is 9.79 Å². The summed E-state index contributed by atoms with van der Waals surface area (Å²) in [4.78, 5) is 18.3. The van der Waals surface area contributed by atoms with Crippen LogP contribution >= 0.6 is 7.82 Å². The monoisotopic (exact) mass is 372 g/mol. The number of phosphoric acid groups is 1. The van der Waals surface area contributed by atoms with E-state index in [1.165, 1.54) is 5.56 Å². The normalized spacial score (nSPS) is 11.5. The summed E-state index contributed by atoms with van der Waals surface area (Å²) in [7, 11) is -4.60. The Hall–Kier alpha value is 0.182. The molecule has 0 fully saturated rings. The van der Waals surface area contributed by atoms with Gasteiger partial charge in [-0.2, -0.15) is 0 Å². The van der Waals surface area contributed by atoms with Crippen LogP contribution in [0.3, 0.4) is 0 Å². The molecule has 0 aliphatic carbocycles. The molecule has 0 heterocycles. The van der Waals surface area contributed by atoms with Crippen LogP contribution in [0, 0.1) is 0 Å². The second kappa shape index (κ2) is 10.8. The molecule has 8 heteroatoms. The maximum atomic E-state index is 11.3. The first-order valence-corrected chi connectivity index (χ1v) is 9.40. The molecule has 0 amide bonds. The van der Waals surface area contributed by atoms with E-state index in [1.807, 2.05) is 51.1 Å². The van der Waals surface area contributed by atoms with Crippen molar-refractivity contribution < 1.29 is 18.9 Å². The summed E-state index contributed by atoms with van der Waals surface area (Å²) in [5.41, 5.74) is 2.47. The Labute approximate surface area is 198 Å². The van der Waals surface area contributed by atoms with Gasteiger partial charge in [0.05, 0.1) is 0 Å². The Kier molecular flexibility index (Phi) is 11.8. The van der Waals surface area contributed by atoms with Crippen LogP contribution in [0.1, 0.15) is 51.3 Å². The van der Waals surface area contributed by atoms with Crippen LogP contribution in [0.2, 0.25) is 0 Å². The van der Waals surface area contributed by atoms with Crippen LogP contribution < -0.4 is 4.52 Å². The van der Waals surface area contributed by atoms with E-state index in [4.69, 9.17) is 14.3 Å². The van der Waals surface area contributed by atoms with Crippen molar-refractivity contribution in [3.05, 3.63) is 65.2 Å². The van der Waals surface area contributed by atoms with Crippen molar-refractivity contribution in [3.63, 3.8) is 0 Å². The SMILES string of the molecule is CC(C)(C)c1cc(C(C)(C)c2ccccc2)ccc1OP(=O)(O)O.[LiH].[LiH].[LiH]. The van der Waals surface area contributed by atoms with Gasteiger partial charge in [0.15, 0.2) is 0 Å². The van der Waals surface area contributed by atoms with Crippen molar-refractivity contribution in [1.29, 1.82) is 0 Å². The van der Waals surface area contributed by atoms with Crippen LogP contribution in [0.4, 0.5) is 0 Å². The predicted octanol–water partition coefficient (Wildman–Crippen LogP) is 2.84. The molecule has 0 spiro atoms. The Morgan fingerprint density at radius 2 is 1.33 bits per heavy atom. The summed E-state index contributed by atoms with van der Waals surface area (Å²) >= 11 is 0. The molecule has 0 radical (unpaired) electrons. The molecule has 2 rings (SSSR count). The quantitative estimate of drug-likeness (QED) is 0.640. The topological polar surface area (TPSA) is 66.8 Å². The molecule has 27 heavy (non-hydrogen) atoms. The van der Waals surface area contributed by atoms with E-state index in [0.717, 1.165) is 11.1 Å². The second-order valence-corrected chi connectivity index (χ2v) is 8.70. The summed E-state index contributed by atoms with van der Waals surface area (Å²) in [5, 5.41) is 0. The summed E-state index contributed by atoms with van der Waals surface area (Å²) in [6, 6.07) is 15.7. The molecule has 4 nitrogen and oxygen atoms in total. The predicted molar refractivity (Wildman–Crippen MR) is 118 cm³/mol. The Bertz CT molecular complexity index is 768. The molecule has 2 aromatic rings. The average molecular weight is 372 g/mol. The van der Waals surface area contributed by atoms with Crippen LogP contribution in [-0.4, -0.2) is 66.4 Å². The van der Waals surface area contributed by atoms with E-state index in [1.54, 1.807) is 6.07 Å². The first-order valence-electron chi connectivity index (χ1n) is 7.87. The fourth-order valence-electron chi connectivity index (χ4n) is 2.73. The van der Waals surface area contributed by atoms with Crippen molar-refractivity contribution in [2.75, 3.05) is 0 Å². The summed E-state index contributed by atoms with van der Waals surface area (Å²) in [6.45, 7) is 10.2. The van der Waals surface area contributed by atoms with Gasteiger partial charge >= 0.3 is 64.4 Å². The Balaban J connectivity index is 0. The minimum atomic E-state index is -4.60. The number of hydrogen-bond donors (Lipinski definition) is 2. The molecule has 2 aromatic carbocycles. The average Bonchev–Trinajstić information content (AvgIpc) is 2.45. The van der Waals surface area contributed by atoms with E-state index in [2.05, 4.69) is 26.0 Å². The third kappa shape index (κ3) is 7.84. The first-order chi connectivity index (χ1) is 10.9. The molecule has 0 aliphatic rings. The van der Waals surface area contributed by atoms with Crippen LogP contribution in [-0.2, 0) is 15.4 Å². The molecule has 136 valence electrons. The molecule has 0 unspecified atom stereocenters. The fraction of sp³-hybridized carbons (Fsp3) is 0.368. The van der Waals surface area contributed by atoms with Crippen LogP contribution in [0.25, 0.3) is 0 Å². The van der Waals surface area contributed by atoms with E-state index in [-0.39, 0.29) is 73.2 Å². The Morgan fingerprint density at radius 3 is 1.78 bits per heavy atom. The maximum absolute atomic E-state index is 11.3. The van der Waals surface area contributed by atoms with Gasteiger partial charge in [-0.25, -0.2) is 4.57 Å². The number of hydrogen-bond acceptors (Lipinski definition) is 2. The zero-order valence-electron chi connectivity index (χ0n) is 14.8. The van der Waals surface area contributed by atoms with Gasteiger partial charge in [0.1, 0.15) is 5.75 Å². The van der Waals surface area contributed by atoms with Gasteiger partial charge in [-0.1, -0.05) is 77.1 Å². The molecule has 0 saturated heterocycles. The molecule has 0 bridgehead atoms. The van der Waals surface area contributed by atoms with Gasteiger partial charge in [-0.15, -0.1) is 0 Å². The standard InChI is InChI=1S/C19H25O4P.3Li.3H/c1-18(2,3)16-13-15(11-12-17(16)23-24(20,21)22)19(4,5)14-9-7-6-8-10-14;;;;;;/h6-13H,1-5H3,(H2,20,21,22);;;;;;. The van der Waals surface area contributed by atoms with Crippen molar-refractivity contribution >= 4 is 64.4 Å². The molecular weight excluding hydrogens is 344 g/mol. The van der Waals surface area contributed by atoms with Gasteiger partial charge in [-0.05, 0) is 22.6 Å². The molecular formula is C19H28Li3O4P. The number of benzene rings is 2. The van der Waals surface area contributed by atoms with E-state index in [0.29, 0.717) is 0 Å². The molecule has 0 saturated carbocycles. The van der Waals surface area contributed by atoms with Crippen molar-refractivity contribution in [1.82, 2.24) is 0 Å². The first kappa shape index (κ1) is 29.4. The van der Waals surface area contributed by atoms with E-state index < -0.39 is 7.82 Å². The third-order valence-corrected chi connectivity index (χ3v) is 4.66. The molecule has 2 N–H and O–H groups in total. The number of rotatable bonds is 4. The van der Waals surface area contributed by atoms with Crippen LogP contribution in [0.15, 0.2) is 48.5 Å². The molecule has 0 aliphatic heterocycles. The second-order valence-electron chi connectivity index (χ2n) is 7.53. The number of phosphoric ester groups is 1. The van der Waals surface area contributed by atoms with E-state index in [9.17, 15) is 4.57 Å². The summed E-state index contributed by atoms with van der Waals surface area (Å²) in [6.07, 6.45) is 0. The van der Waals surface area contributed by atoms with Crippen molar-refractivity contribution in [2.24, 2.45) is 0 Å². The summed E-state index contributed by atoms with van der Waals surface area (Å²) < 4.78 is 16.2. The Morgan fingerprint density at radius 1 is 0.815 bits per heavy atom. The van der Waals surface area contributed by atoms with Crippen molar-refractivity contribution in [2.45, 2.75) is 45.4 Å². The van der Waals surface area contributed by atoms with Gasteiger partial charge in [0.25, 0.3) is 0 Å². The van der Waals surface area contributed by atoms with Gasteiger partial charge < -0.3 is 4.52 Å². The summed E-state index contributed by atoms with van der Waals surface area (Å²) in [5.74, 6) is 0.225. The molecule has 0 aromatic heterocycles. The zero-order chi connectivity index (χ0) is 18.2.